The molecule has 0 N–H and O–H groups in total. The van der Waals surface area contributed by atoms with Gasteiger partial charge in [-0.2, -0.15) is 4.80 Å². The standard InChI is InChI=1S/C19H20ClF3N6/c1-18(2,3)17-24-15-14(16(25-17)28-8-7-19(22,23)10-28)26-29(27-15)9-11-12(20)5-4-6-13(11)21/h4-6H,7-10H2,1-3H3. The van der Waals surface area contributed by atoms with Crippen molar-refractivity contribution in [3.8, 4) is 0 Å². The fourth-order valence-electron chi connectivity index (χ4n) is 3.21. The van der Waals surface area contributed by atoms with Gasteiger partial charge in [0.1, 0.15) is 11.6 Å². The quantitative estimate of drug-likeness (QED) is 0.630. The van der Waals surface area contributed by atoms with E-state index in [9.17, 15) is 13.2 Å². The predicted octanol–water partition coefficient (Wildman–Crippen LogP) is 4.21. The first kappa shape index (κ1) is 19.9. The van der Waals surface area contributed by atoms with Crippen LogP contribution >= 0.6 is 11.6 Å². The van der Waals surface area contributed by atoms with Crippen LogP contribution in [-0.2, 0) is 12.0 Å². The molecule has 0 radical (unpaired) electrons. The van der Waals surface area contributed by atoms with Gasteiger partial charge in [0.15, 0.2) is 11.3 Å². The Kier molecular flexibility index (Phi) is 4.68. The van der Waals surface area contributed by atoms with Crippen LogP contribution in [0.3, 0.4) is 0 Å². The van der Waals surface area contributed by atoms with Crippen LogP contribution in [0, 0.1) is 5.82 Å². The van der Waals surface area contributed by atoms with E-state index in [4.69, 9.17) is 11.6 Å². The number of fused-ring (bicyclic) bond motifs is 1. The van der Waals surface area contributed by atoms with Crippen molar-refractivity contribution in [2.45, 2.75) is 45.1 Å². The van der Waals surface area contributed by atoms with Crippen molar-refractivity contribution >= 4 is 28.6 Å². The molecule has 0 saturated carbocycles. The SMILES string of the molecule is CC(C)(C)c1nc(N2CCC(F)(F)C2)c2nn(Cc3c(F)cccc3Cl)nc2n1. The second-order valence-electron chi connectivity index (χ2n) is 8.25. The summed E-state index contributed by atoms with van der Waals surface area (Å²) in [6.45, 7) is 5.51. The van der Waals surface area contributed by atoms with E-state index in [0.717, 1.165) is 0 Å². The van der Waals surface area contributed by atoms with Gasteiger partial charge in [-0.1, -0.05) is 38.4 Å². The first-order chi connectivity index (χ1) is 13.5. The van der Waals surface area contributed by atoms with Gasteiger partial charge in [0.05, 0.1) is 13.1 Å². The van der Waals surface area contributed by atoms with Gasteiger partial charge in [-0.05, 0) is 12.1 Å². The Balaban J connectivity index is 1.81. The zero-order chi connectivity index (χ0) is 21.0. The number of nitrogens with zero attached hydrogens (tertiary/aromatic N) is 6. The summed E-state index contributed by atoms with van der Waals surface area (Å²) in [7, 11) is 0. The molecule has 1 aliphatic rings. The van der Waals surface area contributed by atoms with Crippen molar-refractivity contribution in [1.82, 2.24) is 25.0 Å². The monoisotopic (exact) mass is 424 g/mol. The Bertz CT molecular complexity index is 1060. The summed E-state index contributed by atoms with van der Waals surface area (Å²) in [5, 5.41) is 8.98. The molecule has 0 unspecified atom stereocenters. The van der Waals surface area contributed by atoms with Gasteiger partial charge in [-0.3, -0.25) is 0 Å². The van der Waals surface area contributed by atoms with E-state index in [0.29, 0.717) is 17.2 Å². The zero-order valence-corrected chi connectivity index (χ0v) is 17.0. The van der Waals surface area contributed by atoms with Crippen LogP contribution in [0.2, 0.25) is 5.02 Å². The molecule has 1 fully saturated rings. The Morgan fingerprint density at radius 3 is 2.55 bits per heavy atom. The van der Waals surface area contributed by atoms with Crippen molar-refractivity contribution in [2.24, 2.45) is 0 Å². The summed E-state index contributed by atoms with van der Waals surface area (Å²) < 4.78 is 41.8. The van der Waals surface area contributed by atoms with Crippen LogP contribution < -0.4 is 4.90 Å². The molecular weight excluding hydrogens is 405 g/mol. The minimum Gasteiger partial charge on any atom is -0.348 e. The highest BCUT2D eigenvalue weighted by Gasteiger charge is 2.40. The molecule has 0 aliphatic carbocycles. The van der Waals surface area contributed by atoms with Gasteiger partial charge in [0, 0.05) is 29.0 Å². The number of alkyl halides is 2. The van der Waals surface area contributed by atoms with Crippen LogP contribution in [0.1, 0.15) is 38.6 Å². The molecule has 0 spiro atoms. The Hall–Kier alpha value is -2.42. The van der Waals surface area contributed by atoms with Gasteiger partial charge < -0.3 is 4.90 Å². The maximum absolute atomic E-state index is 14.1. The van der Waals surface area contributed by atoms with Crippen molar-refractivity contribution in [1.29, 1.82) is 0 Å². The average molecular weight is 425 g/mol. The summed E-state index contributed by atoms with van der Waals surface area (Å²) in [4.78, 5) is 11.8. The lowest BCUT2D eigenvalue weighted by atomic mass is 9.96. The van der Waals surface area contributed by atoms with Crippen LogP contribution in [0.15, 0.2) is 18.2 Å². The summed E-state index contributed by atoms with van der Waals surface area (Å²) in [5.41, 5.74) is 0.419. The van der Waals surface area contributed by atoms with Gasteiger partial charge >= 0.3 is 0 Å². The van der Waals surface area contributed by atoms with Crippen LogP contribution in [0.5, 0.6) is 0 Å². The lowest BCUT2D eigenvalue weighted by Crippen LogP contribution is -2.27. The van der Waals surface area contributed by atoms with Crippen molar-refractivity contribution in [3.05, 3.63) is 40.4 Å². The fraction of sp³-hybridized carbons (Fsp3) is 0.474. The molecule has 0 atom stereocenters. The Labute approximate surface area is 170 Å². The Morgan fingerprint density at radius 2 is 1.93 bits per heavy atom. The molecule has 3 aromatic rings. The van der Waals surface area contributed by atoms with E-state index in [1.165, 1.54) is 21.8 Å². The van der Waals surface area contributed by atoms with Gasteiger partial charge in [-0.25, -0.2) is 23.1 Å². The molecule has 3 heterocycles. The second kappa shape index (κ2) is 6.83. The highest BCUT2D eigenvalue weighted by atomic mass is 35.5. The second-order valence-corrected chi connectivity index (χ2v) is 8.66. The zero-order valence-electron chi connectivity index (χ0n) is 16.3. The number of aromatic nitrogens is 5. The number of benzene rings is 1. The summed E-state index contributed by atoms with van der Waals surface area (Å²) in [6, 6.07) is 4.40. The lowest BCUT2D eigenvalue weighted by molar-refractivity contribution is 0.0257. The highest BCUT2D eigenvalue weighted by molar-refractivity contribution is 6.31. The molecular formula is C19H20ClF3N6. The summed E-state index contributed by atoms with van der Waals surface area (Å²) in [6.07, 6.45) is -0.248. The molecule has 0 amide bonds. The minimum absolute atomic E-state index is 0.0116. The third-order valence-corrected chi connectivity index (χ3v) is 5.13. The highest BCUT2D eigenvalue weighted by Crippen LogP contribution is 2.34. The number of rotatable bonds is 3. The van der Waals surface area contributed by atoms with E-state index in [1.54, 1.807) is 6.07 Å². The molecule has 1 aliphatic heterocycles. The first-order valence-electron chi connectivity index (χ1n) is 9.22. The number of hydrogen-bond acceptors (Lipinski definition) is 5. The lowest BCUT2D eigenvalue weighted by Gasteiger charge is -2.21. The van der Waals surface area contributed by atoms with E-state index >= 15 is 0 Å². The minimum atomic E-state index is -2.78. The topological polar surface area (TPSA) is 59.7 Å². The molecule has 10 heteroatoms. The normalized spacial score (nSPS) is 16.7. The third kappa shape index (κ3) is 3.88. The number of hydrogen-bond donors (Lipinski definition) is 0. The molecule has 6 nitrogen and oxygen atoms in total. The summed E-state index contributed by atoms with van der Waals surface area (Å²) >= 11 is 6.10. The third-order valence-electron chi connectivity index (χ3n) is 4.77. The molecule has 2 aromatic heterocycles. The Morgan fingerprint density at radius 1 is 1.17 bits per heavy atom. The van der Waals surface area contributed by atoms with Gasteiger partial charge in [0.25, 0.3) is 5.92 Å². The molecule has 29 heavy (non-hydrogen) atoms. The van der Waals surface area contributed by atoms with E-state index in [1.807, 2.05) is 20.8 Å². The van der Waals surface area contributed by atoms with Crippen LogP contribution in [-0.4, -0.2) is 44.0 Å². The smallest absolute Gasteiger partial charge is 0.266 e. The van der Waals surface area contributed by atoms with Crippen LogP contribution in [0.4, 0.5) is 19.0 Å². The maximum atomic E-state index is 14.1. The average Bonchev–Trinajstić information content (AvgIpc) is 3.19. The van der Waals surface area contributed by atoms with Crippen molar-refractivity contribution in [3.63, 3.8) is 0 Å². The van der Waals surface area contributed by atoms with Gasteiger partial charge in [-0.15, -0.1) is 10.2 Å². The van der Waals surface area contributed by atoms with E-state index in [2.05, 4.69) is 20.2 Å². The molecule has 1 aromatic carbocycles. The number of halogens is 4. The molecule has 1 saturated heterocycles. The van der Waals surface area contributed by atoms with Crippen molar-refractivity contribution < 1.29 is 13.2 Å². The van der Waals surface area contributed by atoms with Gasteiger partial charge in [0.2, 0.25) is 5.65 Å². The van der Waals surface area contributed by atoms with Crippen LogP contribution in [0.25, 0.3) is 11.2 Å². The largest absolute Gasteiger partial charge is 0.348 e. The molecule has 0 bridgehead atoms. The van der Waals surface area contributed by atoms with E-state index < -0.39 is 23.7 Å². The van der Waals surface area contributed by atoms with Crippen molar-refractivity contribution in [2.75, 3.05) is 18.0 Å². The predicted molar refractivity (Wildman–Crippen MR) is 104 cm³/mol. The molecule has 4 rings (SSSR count). The number of anilines is 1. The first-order valence-corrected chi connectivity index (χ1v) is 9.60. The summed E-state index contributed by atoms with van der Waals surface area (Å²) in [5.74, 6) is -2.45. The van der Waals surface area contributed by atoms with E-state index in [-0.39, 0.29) is 35.7 Å². The fourth-order valence-corrected chi connectivity index (χ4v) is 3.43. The molecule has 154 valence electrons. The maximum Gasteiger partial charge on any atom is 0.266 e.